The first kappa shape index (κ1) is 21.7. The molecule has 1 aromatic heterocycles. The molecule has 3 aromatic rings. The number of rotatable bonds is 6. The van der Waals surface area contributed by atoms with Crippen LogP contribution in [0.1, 0.15) is 5.56 Å². The summed E-state index contributed by atoms with van der Waals surface area (Å²) in [5.41, 5.74) is 4.00. The molecule has 8 heteroatoms. The first-order valence-electron chi connectivity index (χ1n) is 10.1. The molecule has 2 heterocycles. The largest absolute Gasteiger partial charge is 0.379 e. The number of nitrogens with zero attached hydrogens (tertiary/aromatic N) is 3. The van der Waals surface area contributed by atoms with Gasteiger partial charge in [0, 0.05) is 25.0 Å². The van der Waals surface area contributed by atoms with Gasteiger partial charge in [0.25, 0.3) is 0 Å². The van der Waals surface area contributed by atoms with E-state index in [1.165, 1.54) is 9.87 Å². The smallest absolute Gasteiger partial charge is 0.243 e. The van der Waals surface area contributed by atoms with Gasteiger partial charge in [0.1, 0.15) is 0 Å². The Labute approximate surface area is 186 Å². The summed E-state index contributed by atoms with van der Waals surface area (Å²) in [5.74, 6) is 0. The maximum Gasteiger partial charge on any atom is 0.243 e. The molecule has 1 aliphatic heterocycles. The Kier molecular flexibility index (Phi) is 6.52. The average molecular weight is 456 g/mol. The predicted molar refractivity (Wildman–Crippen MR) is 124 cm³/mol. The van der Waals surface area contributed by atoms with E-state index in [2.05, 4.69) is 11.1 Å². The molecule has 0 unspecified atom stereocenters. The summed E-state index contributed by atoms with van der Waals surface area (Å²) < 4.78 is 34.6. The van der Waals surface area contributed by atoms with Gasteiger partial charge >= 0.3 is 0 Å². The van der Waals surface area contributed by atoms with Crippen molar-refractivity contribution in [3.8, 4) is 11.3 Å². The van der Waals surface area contributed by atoms with Gasteiger partial charge in [0.05, 0.1) is 29.5 Å². The molecule has 0 radical (unpaired) electrons. The normalized spacial score (nSPS) is 15.8. The van der Waals surface area contributed by atoms with Crippen molar-refractivity contribution >= 4 is 27.0 Å². The molecule has 1 fully saturated rings. The number of hydrogen-bond donors (Lipinski definition) is 0. The standard InChI is InChI=1S/C23H25N3O3S2/c1-3-12-26-22(17-30-23(26)24-20-8-4-18(2)5-9-20)19-6-10-21(11-7-19)31(27,28)25-13-15-29-16-14-25/h3-11,17H,1,12-16H2,2H3. The molecule has 2 aromatic carbocycles. The molecule has 0 aliphatic carbocycles. The molecular weight excluding hydrogens is 430 g/mol. The second kappa shape index (κ2) is 9.32. The summed E-state index contributed by atoms with van der Waals surface area (Å²) in [4.78, 5) is 5.95. The van der Waals surface area contributed by atoms with E-state index < -0.39 is 10.0 Å². The minimum absolute atomic E-state index is 0.299. The van der Waals surface area contributed by atoms with Gasteiger partial charge in [-0.2, -0.15) is 4.31 Å². The summed E-state index contributed by atoms with van der Waals surface area (Å²) in [5, 5.41) is 2.04. The number of hydrogen-bond acceptors (Lipinski definition) is 5. The van der Waals surface area contributed by atoms with Crippen LogP contribution in [0.15, 0.2) is 76.5 Å². The first-order valence-corrected chi connectivity index (χ1v) is 12.4. The van der Waals surface area contributed by atoms with Crippen molar-refractivity contribution < 1.29 is 13.2 Å². The van der Waals surface area contributed by atoms with Crippen molar-refractivity contribution in [2.45, 2.75) is 18.4 Å². The highest BCUT2D eigenvalue weighted by molar-refractivity contribution is 7.89. The highest BCUT2D eigenvalue weighted by Gasteiger charge is 2.26. The van der Waals surface area contributed by atoms with Crippen LogP contribution >= 0.6 is 11.3 Å². The Morgan fingerprint density at radius 1 is 1.10 bits per heavy atom. The van der Waals surface area contributed by atoms with Gasteiger partial charge in [0.15, 0.2) is 4.80 Å². The van der Waals surface area contributed by atoms with Gasteiger partial charge in [-0.25, -0.2) is 13.4 Å². The molecule has 0 atom stereocenters. The minimum Gasteiger partial charge on any atom is -0.379 e. The first-order chi connectivity index (χ1) is 15.0. The molecule has 162 valence electrons. The highest BCUT2D eigenvalue weighted by atomic mass is 32.2. The molecule has 0 saturated carbocycles. The summed E-state index contributed by atoms with van der Waals surface area (Å²) in [7, 11) is -3.51. The maximum absolute atomic E-state index is 12.9. The fraction of sp³-hybridized carbons (Fsp3) is 0.261. The van der Waals surface area contributed by atoms with Gasteiger partial charge in [-0.1, -0.05) is 35.9 Å². The number of thiazole rings is 1. The monoisotopic (exact) mass is 455 g/mol. The summed E-state index contributed by atoms with van der Waals surface area (Å²) in [6.07, 6.45) is 1.83. The number of morpholine rings is 1. The zero-order chi connectivity index (χ0) is 21.8. The molecular formula is C23H25N3O3S2. The minimum atomic E-state index is -3.51. The molecule has 1 aliphatic rings. The Balaban J connectivity index is 1.67. The molecule has 1 saturated heterocycles. The van der Waals surface area contributed by atoms with Crippen LogP contribution in [0.2, 0.25) is 0 Å². The molecule has 4 rings (SSSR count). The highest BCUT2D eigenvalue weighted by Crippen LogP contribution is 2.25. The van der Waals surface area contributed by atoms with Gasteiger partial charge in [-0.15, -0.1) is 17.9 Å². The fourth-order valence-corrected chi connectivity index (χ4v) is 5.76. The number of ether oxygens (including phenoxy) is 1. The zero-order valence-electron chi connectivity index (χ0n) is 17.4. The number of aryl methyl sites for hydroxylation is 1. The van der Waals surface area contributed by atoms with E-state index in [1.54, 1.807) is 23.5 Å². The van der Waals surface area contributed by atoms with Crippen LogP contribution < -0.4 is 4.80 Å². The van der Waals surface area contributed by atoms with Crippen LogP contribution in [0.4, 0.5) is 5.69 Å². The third kappa shape index (κ3) is 4.72. The second-order valence-corrected chi connectivity index (χ2v) is 10.1. The van der Waals surface area contributed by atoms with Crippen LogP contribution in [0.25, 0.3) is 11.3 Å². The quantitative estimate of drug-likeness (QED) is 0.529. The van der Waals surface area contributed by atoms with Crippen LogP contribution in [-0.4, -0.2) is 43.6 Å². The molecule has 0 bridgehead atoms. The van der Waals surface area contributed by atoms with E-state index in [9.17, 15) is 8.42 Å². The lowest BCUT2D eigenvalue weighted by atomic mass is 10.2. The summed E-state index contributed by atoms with van der Waals surface area (Å²) >= 11 is 1.55. The van der Waals surface area contributed by atoms with Crippen LogP contribution in [0.3, 0.4) is 0 Å². The lowest BCUT2D eigenvalue weighted by Crippen LogP contribution is -2.40. The molecule has 0 N–H and O–H groups in total. The van der Waals surface area contributed by atoms with E-state index >= 15 is 0 Å². The summed E-state index contributed by atoms with van der Waals surface area (Å²) in [6, 6.07) is 15.1. The van der Waals surface area contributed by atoms with Crippen molar-refractivity contribution in [3.63, 3.8) is 0 Å². The molecule has 31 heavy (non-hydrogen) atoms. The Hall–Kier alpha value is -2.52. The SMILES string of the molecule is C=CCn1c(-c2ccc(S(=O)(=O)N3CCOCC3)cc2)csc1=Nc1ccc(C)cc1. The number of sulfonamides is 1. The summed E-state index contributed by atoms with van der Waals surface area (Å²) in [6.45, 7) is 8.17. The molecule has 0 spiro atoms. The van der Waals surface area contributed by atoms with E-state index in [1.807, 2.05) is 54.8 Å². The third-order valence-electron chi connectivity index (χ3n) is 5.13. The van der Waals surface area contributed by atoms with Crippen molar-refractivity contribution in [2.24, 2.45) is 4.99 Å². The number of allylic oxidation sites excluding steroid dienone is 1. The number of benzene rings is 2. The number of aromatic nitrogens is 1. The van der Waals surface area contributed by atoms with Crippen molar-refractivity contribution in [3.05, 3.63) is 76.9 Å². The van der Waals surface area contributed by atoms with Crippen LogP contribution in [-0.2, 0) is 21.3 Å². The Bertz CT molecular complexity index is 1220. The van der Waals surface area contributed by atoms with Gasteiger partial charge in [0.2, 0.25) is 10.0 Å². The predicted octanol–water partition coefficient (Wildman–Crippen LogP) is 3.96. The second-order valence-electron chi connectivity index (χ2n) is 7.29. The zero-order valence-corrected chi connectivity index (χ0v) is 19.0. The molecule has 6 nitrogen and oxygen atoms in total. The topological polar surface area (TPSA) is 63.9 Å². The van der Waals surface area contributed by atoms with Crippen molar-refractivity contribution in [1.29, 1.82) is 0 Å². The van der Waals surface area contributed by atoms with E-state index in [-0.39, 0.29) is 0 Å². The van der Waals surface area contributed by atoms with Crippen molar-refractivity contribution in [2.75, 3.05) is 26.3 Å². The lowest BCUT2D eigenvalue weighted by molar-refractivity contribution is 0.0730. The van der Waals surface area contributed by atoms with Gasteiger partial charge in [-0.05, 0) is 36.8 Å². The molecule has 0 amide bonds. The van der Waals surface area contributed by atoms with E-state index in [0.29, 0.717) is 37.7 Å². The van der Waals surface area contributed by atoms with Crippen molar-refractivity contribution in [1.82, 2.24) is 8.87 Å². The Morgan fingerprint density at radius 3 is 2.42 bits per heavy atom. The fourth-order valence-electron chi connectivity index (χ4n) is 3.42. The van der Waals surface area contributed by atoms with E-state index in [4.69, 9.17) is 9.73 Å². The maximum atomic E-state index is 12.9. The third-order valence-corrected chi connectivity index (χ3v) is 7.90. The average Bonchev–Trinajstić information content (AvgIpc) is 3.18. The lowest BCUT2D eigenvalue weighted by Gasteiger charge is -2.26. The van der Waals surface area contributed by atoms with Crippen LogP contribution in [0, 0.1) is 6.92 Å². The van der Waals surface area contributed by atoms with Crippen LogP contribution in [0.5, 0.6) is 0 Å². The van der Waals surface area contributed by atoms with Gasteiger partial charge in [-0.3, -0.25) is 0 Å². The van der Waals surface area contributed by atoms with E-state index in [0.717, 1.165) is 21.7 Å². The van der Waals surface area contributed by atoms with Gasteiger partial charge < -0.3 is 9.30 Å². The Morgan fingerprint density at radius 2 is 1.77 bits per heavy atom.